The van der Waals surface area contributed by atoms with Gasteiger partial charge in [0, 0.05) is 18.0 Å². The Morgan fingerprint density at radius 3 is 2.14 bits per heavy atom. The molecule has 2 amide bonds. The van der Waals surface area contributed by atoms with E-state index in [1.165, 1.54) is 47.4 Å². The van der Waals surface area contributed by atoms with Crippen LogP contribution in [0.4, 0.5) is 27.6 Å². The summed E-state index contributed by atoms with van der Waals surface area (Å²) in [5.41, 5.74) is -0.155. The van der Waals surface area contributed by atoms with Crippen LogP contribution < -0.4 is 5.32 Å². The van der Waals surface area contributed by atoms with Crippen LogP contribution in [0.15, 0.2) is 72.8 Å². The van der Waals surface area contributed by atoms with E-state index in [4.69, 9.17) is 0 Å². The summed E-state index contributed by atoms with van der Waals surface area (Å²) >= 11 is 0. The van der Waals surface area contributed by atoms with Crippen molar-refractivity contribution in [3.05, 3.63) is 101 Å². The highest BCUT2D eigenvalue weighted by molar-refractivity contribution is 5.92. The Hall–Kier alpha value is -3.75. The molecule has 1 fully saturated rings. The first kappa shape index (κ1) is 25.3. The lowest BCUT2D eigenvalue weighted by Gasteiger charge is -2.31. The number of nitrogens with one attached hydrogen (secondary N) is 1. The van der Waals surface area contributed by atoms with E-state index in [0.717, 1.165) is 12.1 Å². The molecule has 0 aliphatic carbocycles. The van der Waals surface area contributed by atoms with Crippen molar-refractivity contribution < 1.29 is 31.5 Å². The normalized spacial score (nSPS) is 17.8. The zero-order chi connectivity index (χ0) is 25.9. The predicted molar refractivity (Wildman–Crippen MR) is 124 cm³/mol. The van der Waals surface area contributed by atoms with Crippen LogP contribution in [0.2, 0.25) is 0 Å². The third-order valence-electron chi connectivity index (χ3n) is 6.26. The Morgan fingerprint density at radius 2 is 1.50 bits per heavy atom. The van der Waals surface area contributed by atoms with Gasteiger partial charge < -0.3 is 10.2 Å². The second kappa shape index (κ2) is 10.5. The van der Waals surface area contributed by atoms with Gasteiger partial charge in [-0.05, 0) is 48.7 Å². The molecule has 1 unspecified atom stereocenters. The van der Waals surface area contributed by atoms with Crippen LogP contribution in [-0.4, -0.2) is 22.8 Å². The second-order valence-electron chi connectivity index (χ2n) is 8.67. The summed E-state index contributed by atoms with van der Waals surface area (Å²) in [6, 6.07) is 14.7. The van der Waals surface area contributed by atoms with E-state index in [1.54, 1.807) is 18.2 Å². The van der Waals surface area contributed by atoms with Gasteiger partial charge in [0.25, 0.3) is 0 Å². The van der Waals surface area contributed by atoms with Crippen molar-refractivity contribution in [2.24, 2.45) is 0 Å². The van der Waals surface area contributed by atoms with Crippen molar-refractivity contribution in [1.29, 1.82) is 0 Å². The molecule has 1 saturated heterocycles. The Bertz CT molecular complexity index is 1240. The summed E-state index contributed by atoms with van der Waals surface area (Å²) in [7, 11) is 0. The quantitative estimate of drug-likeness (QED) is 0.403. The van der Waals surface area contributed by atoms with Gasteiger partial charge in [0.05, 0.1) is 23.7 Å². The number of halogens is 5. The summed E-state index contributed by atoms with van der Waals surface area (Å²) in [5, 5.41) is 2.50. The summed E-state index contributed by atoms with van der Waals surface area (Å²) in [5.74, 6) is -2.04. The van der Waals surface area contributed by atoms with Gasteiger partial charge in [-0.15, -0.1) is 0 Å². The molecule has 1 aliphatic heterocycles. The monoisotopic (exact) mass is 502 g/mol. The minimum Gasteiger partial charge on any atom is -0.332 e. The number of likely N-dealkylation sites (tertiary alicyclic amines) is 1. The van der Waals surface area contributed by atoms with Crippen LogP contribution in [0.5, 0.6) is 0 Å². The molecular formula is C27H23F5N2O2. The summed E-state index contributed by atoms with van der Waals surface area (Å²) < 4.78 is 67.2. The first-order valence-electron chi connectivity index (χ1n) is 11.4. The molecular weight excluding hydrogens is 479 g/mol. The van der Waals surface area contributed by atoms with Crippen molar-refractivity contribution in [3.63, 3.8) is 0 Å². The van der Waals surface area contributed by atoms with E-state index in [0.29, 0.717) is 24.0 Å². The smallest absolute Gasteiger partial charge is 0.332 e. The van der Waals surface area contributed by atoms with E-state index < -0.39 is 47.3 Å². The first-order chi connectivity index (χ1) is 17.1. The molecule has 0 radical (unpaired) electrons. The molecule has 188 valence electrons. The van der Waals surface area contributed by atoms with Crippen molar-refractivity contribution in [1.82, 2.24) is 4.90 Å². The lowest BCUT2D eigenvalue weighted by Crippen LogP contribution is -2.40. The number of carbonyl (C=O) groups excluding carboxylic acids is 2. The average molecular weight is 502 g/mol. The second-order valence-corrected chi connectivity index (χ2v) is 8.67. The molecule has 36 heavy (non-hydrogen) atoms. The number of hydrogen-bond donors (Lipinski definition) is 1. The molecule has 4 nitrogen and oxygen atoms in total. The molecule has 0 saturated carbocycles. The van der Waals surface area contributed by atoms with Crippen molar-refractivity contribution in [3.8, 4) is 0 Å². The standard InChI is InChI=1S/C27H23F5N2O2/c28-21-6-2-1-5-20(21)24-14-13-19(16-25(35)33-23-8-4-3-7-22(23)29)34(24)26(36)15-17-9-11-18(12-10-17)27(30,31)32/h1-12,19,24H,13-16H2,(H,33,35)/t19?,24-/m0/s1. The highest BCUT2D eigenvalue weighted by Crippen LogP contribution is 2.39. The molecule has 1 heterocycles. The molecule has 4 rings (SSSR count). The van der Waals surface area contributed by atoms with Crippen molar-refractivity contribution >= 4 is 17.5 Å². The van der Waals surface area contributed by atoms with Gasteiger partial charge in [-0.25, -0.2) is 8.78 Å². The number of alkyl halides is 3. The third kappa shape index (κ3) is 5.72. The van der Waals surface area contributed by atoms with Crippen LogP contribution in [0, 0.1) is 11.6 Å². The van der Waals surface area contributed by atoms with E-state index >= 15 is 0 Å². The Kier molecular flexibility index (Phi) is 7.37. The van der Waals surface area contributed by atoms with Gasteiger partial charge in [0.2, 0.25) is 11.8 Å². The molecule has 9 heteroatoms. The van der Waals surface area contributed by atoms with E-state index in [2.05, 4.69) is 5.32 Å². The zero-order valence-corrected chi connectivity index (χ0v) is 19.1. The fourth-order valence-corrected chi connectivity index (χ4v) is 4.57. The Labute approximate surface area is 204 Å². The van der Waals surface area contributed by atoms with E-state index in [-0.39, 0.29) is 18.5 Å². The molecule has 3 aromatic rings. The maximum absolute atomic E-state index is 14.6. The number of nitrogens with zero attached hydrogens (tertiary/aromatic N) is 1. The van der Waals surface area contributed by atoms with Crippen LogP contribution in [-0.2, 0) is 22.2 Å². The molecule has 1 N–H and O–H groups in total. The SMILES string of the molecule is O=C(CC1CC[C@@H](c2ccccc2F)N1C(=O)Cc1ccc(C(F)(F)F)cc1)Nc1ccccc1F. The number of anilines is 1. The molecule has 1 aliphatic rings. The lowest BCUT2D eigenvalue weighted by atomic mass is 10.0. The van der Waals surface area contributed by atoms with Gasteiger partial charge in [-0.1, -0.05) is 42.5 Å². The Balaban J connectivity index is 1.55. The number of para-hydroxylation sites is 1. The van der Waals surface area contributed by atoms with Crippen LogP contribution >= 0.6 is 0 Å². The number of benzene rings is 3. The highest BCUT2D eigenvalue weighted by atomic mass is 19.4. The van der Waals surface area contributed by atoms with Gasteiger partial charge in [-0.3, -0.25) is 9.59 Å². The third-order valence-corrected chi connectivity index (χ3v) is 6.26. The fraction of sp³-hybridized carbons (Fsp3) is 0.259. The zero-order valence-electron chi connectivity index (χ0n) is 19.1. The minimum absolute atomic E-state index is 0.00813. The number of carbonyl (C=O) groups is 2. The number of amides is 2. The predicted octanol–water partition coefficient (Wildman–Crippen LogP) is 6.29. The van der Waals surface area contributed by atoms with Crippen molar-refractivity contribution in [2.75, 3.05) is 5.32 Å². The van der Waals surface area contributed by atoms with E-state index in [9.17, 15) is 31.5 Å². The molecule has 0 bridgehead atoms. The number of rotatable bonds is 6. The largest absolute Gasteiger partial charge is 0.416 e. The fourth-order valence-electron chi connectivity index (χ4n) is 4.57. The van der Waals surface area contributed by atoms with Gasteiger partial charge in [0.1, 0.15) is 11.6 Å². The van der Waals surface area contributed by atoms with Crippen LogP contribution in [0.1, 0.15) is 42.0 Å². The molecule has 0 spiro atoms. The van der Waals surface area contributed by atoms with Crippen LogP contribution in [0.3, 0.4) is 0 Å². The maximum Gasteiger partial charge on any atom is 0.416 e. The first-order valence-corrected chi connectivity index (χ1v) is 11.4. The molecule has 2 atom stereocenters. The van der Waals surface area contributed by atoms with Gasteiger partial charge in [0.15, 0.2) is 0 Å². The highest BCUT2D eigenvalue weighted by Gasteiger charge is 2.39. The topological polar surface area (TPSA) is 49.4 Å². The van der Waals surface area contributed by atoms with Crippen LogP contribution in [0.25, 0.3) is 0 Å². The maximum atomic E-state index is 14.6. The lowest BCUT2D eigenvalue weighted by molar-refractivity contribution is -0.137. The molecule has 0 aromatic heterocycles. The van der Waals surface area contributed by atoms with E-state index in [1.807, 2.05) is 0 Å². The summed E-state index contributed by atoms with van der Waals surface area (Å²) in [4.78, 5) is 27.5. The van der Waals surface area contributed by atoms with Gasteiger partial charge in [-0.2, -0.15) is 13.2 Å². The molecule has 3 aromatic carbocycles. The Morgan fingerprint density at radius 1 is 0.861 bits per heavy atom. The number of hydrogen-bond acceptors (Lipinski definition) is 2. The summed E-state index contributed by atoms with van der Waals surface area (Å²) in [6.45, 7) is 0. The minimum atomic E-state index is -4.50. The summed E-state index contributed by atoms with van der Waals surface area (Å²) in [6.07, 6.45) is -4.05. The van der Waals surface area contributed by atoms with Crippen molar-refractivity contribution in [2.45, 2.75) is 43.9 Å². The van der Waals surface area contributed by atoms with Gasteiger partial charge >= 0.3 is 6.18 Å². The average Bonchev–Trinajstić information content (AvgIpc) is 3.24.